The Morgan fingerprint density at radius 1 is 1.29 bits per heavy atom. The van der Waals surface area contributed by atoms with Crippen molar-refractivity contribution in [2.45, 2.75) is 13.1 Å². The van der Waals surface area contributed by atoms with Crippen LogP contribution in [0.25, 0.3) is 5.82 Å². The van der Waals surface area contributed by atoms with E-state index in [9.17, 15) is 22.8 Å². The number of ether oxygens (including phenoxy) is 1. The SMILES string of the molecule is Cc1cc(Cl)cc(C=O)c1NC(=O)c1cc(OCC(F)(F)F)nn1-c1ncccc1Cl. The Morgan fingerprint density at radius 2 is 2.03 bits per heavy atom. The molecule has 12 heteroatoms. The van der Waals surface area contributed by atoms with Gasteiger partial charge in [-0.2, -0.15) is 13.2 Å². The van der Waals surface area contributed by atoms with Crippen LogP contribution in [0.5, 0.6) is 5.88 Å². The molecule has 7 nitrogen and oxygen atoms in total. The van der Waals surface area contributed by atoms with Crippen LogP contribution in [0.4, 0.5) is 18.9 Å². The summed E-state index contributed by atoms with van der Waals surface area (Å²) in [6, 6.07) is 6.91. The van der Waals surface area contributed by atoms with Crippen molar-refractivity contribution in [1.29, 1.82) is 0 Å². The van der Waals surface area contributed by atoms with Gasteiger partial charge in [-0.05, 0) is 36.8 Å². The maximum Gasteiger partial charge on any atom is 0.422 e. The van der Waals surface area contributed by atoms with Crippen LogP contribution in [0.1, 0.15) is 26.4 Å². The number of aryl methyl sites for hydroxylation is 1. The molecular weight excluding hydrogens is 460 g/mol. The maximum atomic E-state index is 13.0. The van der Waals surface area contributed by atoms with E-state index in [-0.39, 0.29) is 27.8 Å². The molecule has 2 heterocycles. The molecule has 3 aromatic rings. The Kier molecular flexibility index (Phi) is 6.51. The second-order valence-corrected chi connectivity index (χ2v) is 7.09. The lowest BCUT2D eigenvalue weighted by atomic mass is 10.1. The van der Waals surface area contributed by atoms with Gasteiger partial charge in [0.15, 0.2) is 18.7 Å². The van der Waals surface area contributed by atoms with Crippen molar-refractivity contribution >= 4 is 41.1 Å². The van der Waals surface area contributed by atoms with Crippen molar-refractivity contribution in [3.63, 3.8) is 0 Å². The average molecular weight is 473 g/mol. The normalized spacial score (nSPS) is 11.3. The summed E-state index contributed by atoms with van der Waals surface area (Å²) in [4.78, 5) is 28.4. The van der Waals surface area contributed by atoms with Gasteiger partial charge in [-0.3, -0.25) is 9.59 Å². The van der Waals surface area contributed by atoms with Crippen molar-refractivity contribution in [1.82, 2.24) is 14.8 Å². The first kappa shape index (κ1) is 22.6. The van der Waals surface area contributed by atoms with Gasteiger partial charge in [0.1, 0.15) is 5.69 Å². The molecule has 1 amide bonds. The van der Waals surface area contributed by atoms with E-state index in [4.69, 9.17) is 23.2 Å². The molecule has 0 aliphatic heterocycles. The second-order valence-electron chi connectivity index (χ2n) is 6.25. The highest BCUT2D eigenvalue weighted by atomic mass is 35.5. The number of carbonyl (C=O) groups excluding carboxylic acids is 2. The minimum atomic E-state index is -4.60. The smallest absolute Gasteiger partial charge is 0.422 e. The fourth-order valence-corrected chi connectivity index (χ4v) is 3.14. The van der Waals surface area contributed by atoms with E-state index in [1.54, 1.807) is 6.92 Å². The Balaban J connectivity index is 2.03. The lowest BCUT2D eigenvalue weighted by Crippen LogP contribution is -2.19. The van der Waals surface area contributed by atoms with Gasteiger partial charge in [-0.15, -0.1) is 5.10 Å². The molecule has 0 spiro atoms. The van der Waals surface area contributed by atoms with E-state index in [1.165, 1.54) is 30.5 Å². The lowest BCUT2D eigenvalue weighted by Gasteiger charge is -2.12. The Bertz CT molecular complexity index is 1150. The predicted molar refractivity (Wildman–Crippen MR) is 107 cm³/mol. The molecule has 0 aliphatic rings. The van der Waals surface area contributed by atoms with Crippen LogP contribution in [0.3, 0.4) is 0 Å². The number of pyridine rings is 1. The number of rotatable bonds is 6. The number of alkyl halides is 3. The van der Waals surface area contributed by atoms with Gasteiger partial charge >= 0.3 is 6.18 Å². The summed E-state index contributed by atoms with van der Waals surface area (Å²) in [7, 11) is 0. The molecule has 1 N–H and O–H groups in total. The third kappa shape index (κ3) is 5.33. The van der Waals surface area contributed by atoms with Gasteiger partial charge < -0.3 is 10.1 Å². The van der Waals surface area contributed by atoms with E-state index < -0.39 is 24.6 Å². The third-order valence-electron chi connectivity index (χ3n) is 3.94. The van der Waals surface area contributed by atoms with E-state index >= 15 is 0 Å². The minimum Gasteiger partial charge on any atom is -0.467 e. The zero-order valence-electron chi connectivity index (χ0n) is 15.7. The van der Waals surface area contributed by atoms with Crippen LogP contribution in [0, 0.1) is 6.92 Å². The summed E-state index contributed by atoms with van der Waals surface area (Å²) in [6.45, 7) is 0.0197. The van der Waals surface area contributed by atoms with Crippen LogP contribution < -0.4 is 10.1 Å². The Labute approximate surface area is 183 Å². The number of carbonyl (C=O) groups is 2. The van der Waals surface area contributed by atoms with Crippen molar-refractivity contribution in [2.24, 2.45) is 0 Å². The van der Waals surface area contributed by atoms with Crippen LogP contribution in [-0.2, 0) is 0 Å². The quantitative estimate of drug-likeness (QED) is 0.516. The number of halogens is 5. The number of hydrogen-bond donors (Lipinski definition) is 1. The topological polar surface area (TPSA) is 86.1 Å². The average Bonchev–Trinajstić information content (AvgIpc) is 3.12. The molecule has 2 aromatic heterocycles. The Morgan fingerprint density at radius 3 is 2.68 bits per heavy atom. The highest BCUT2D eigenvalue weighted by Gasteiger charge is 2.30. The summed E-state index contributed by atoms with van der Waals surface area (Å²) in [5.41, 5.74) is 0.582. The number of aldehydes is 1. The van der Waals surface area contributed by atoms with E-state index in [0.717, 1.165) is 10.7 Å². The summed E-state index contributed by atoms with van der Waals surface area (Å²) >= 11 is 12.0. The number of benzene rings is 1. The molecule has 0 radical (unpaired) electrons. The number of nitrogens with one attached hydrogen (secondary N) is 1. The Hall–Kier alpha value is -3.11. The molecule has 0 unspecified atom stereocenters. The maximum absolute atomic E-state index is 13.0. The fourth-order valence-electron chi connectivity index (χ4n) is 2.65. The molecule has 162 valence electrons. The van der Waals surface area contributed by atoms with Crippen molar-refractivity contribution < 1.29 is 27.5 Å². The molecule has 1 aromatic carbocycles. The molecule has 31 heavy (non-hydrogen) atoms. The number of nitrogens with zero attached hydrogens (tertiary/aromatic N) is 3. The first-order valence-corrected chi connectivity index (χ1v) is 9.32. The zero-order chi connectivity index (χ0) is 22.8. The van der Waals surface area contributed by atoms with Crippen molar-refractivity contribution in [3.05, 3.63) is 63.4 Å². The van der Waals surface area contributed by atoms with Gasteiger partial charge in [0.25, 0.3) is 5.91 Å². The van der Waals surface area contributed by atoms with E-state index in [1.807, 2.05) is 0 Å². The van der Waals surface area contributed by atoms with Crippen molar-refractivity contribution in [3.8, 4) is 11.7 Å². The number of hydrogen-bond acceptors (Lipinski definition) is 5. The first-order chi connectivity index (χ1) is 14.6. The van der Waals surface area contributed by atoms with Crippen LogP contribution in [0.2, 0.25) is 10.0 Å². The number of anilines is 1. The first-order valence-electron chi connectivity index (χ1n) is 8.56. The predicted octanol–water partition coefficient (Wildman–Crippen LogP) is 4.89. The summed E-state index contributed by atoms with van der Waals surface area (Å²) in [5.74, 6) is -1.25. The van der Waals surface area contributed by atoms with Gasteiger partial charge in [0.2, 0.25) is 5.88 Å². The van der Waals surface area contributed by atoms with Gasteiger partial charge in [0, 0.05) is 22.8 Å². The third-order valence-corrected chi connectivity index (χ3v) is 4.45. The molecule has 0 atom stereocenters. The summed E-state index contributed by atoms with van der Waals surface area (Å²) < 4.78 is 43.2. The zero-order valence-corrected chi connectivity index (χ0v) is 17.2. The molecule has 0 saturated heterocycles. The summed E-state index contributed by atoms with van der Waals surface area (Å²) in [5, 5.41) is 6.83. The summed E-state index contributed by atoms with van der Waals surface area (Å²) in [6.07, 6.45) is -2.72. The number of aromatic nitrogens is 3. The molecule has 0 saturated carbocycles. The van der Waals surface area contributed by atoms with Gasteiger partial charge in [-0.1, -0.05) is 23.2 Å². The van der Waals surface area contributed by atoms with E-state index in [0.29, 0.717) is 16.9 Å². The molecular formula is C19H13Cl2F3N4O3. The van der Waals surface area contributed by atoms with Crippen LogP contribution in [-0.4, -0.2) is 39.7 Å². The molecule has 0 fully saturated rings. The lowest BCUT2D eigenvalue weighted by molar-refractivity contribution is -0.154. The monoisotopic (exact) mass is 472 g/mol. The van der Waals surface area contributed by atoms with Crippen LogP contribution in [0.15, 0.2) is 36.5 Å². The molecule has 3 rings (SSSR count). The highest BCUT2D eigenvalue weighted by molar-refractivity contribution is 6.32. The largest absolute Gasteiger partial charge is 0.467 e. The van der Waals surface area contributed by atoms with Gasteiger partial charge in [-0.25, -0.2) is 9.67 Å². The van der Waals surface area contributed by atoms with Crippen molar-refractivity contribution in [2.75, 3.05) is 11.9 Å². The molecule has 0 bridgehead atoms. The fraction of sp³-hybridized carbons (Fsp3) is 0.158. The standard InChI is InChI=1S/C19H13Cl2F3N4O3/c1-10-5-12(20)6-11(8-29)16(10)26-18(30)14-7-15(31-9-19(22,23)24)27-28(14)17-13(21)3-2-4-25-17/h2-8H,9H2,1H3,(H,26,30). The van der Waals surface area contributed by atoms with E-state index in [2.05, 4.69) is 20.1 Å². The highest BCUT2D eigenvalue weighted by Crippen LogP contribution is 2.27. The number of amides is 1. The van der Waals surface area contributed by atoms with Gasteiger partial charge in [0.05, 0.1) is 10.7 Å². The minimum absolute atomic E-state index is 0.000357. The van der Waals surface area contributed by atoms with Crippen LogP contribution >= 0.6 is 23.2 Å². The molecule has 0 aliphatic carbocycles. The second kappa shape index (κ2) is 8.94.